The summed E-state index contributed by atoms with van der Waals surface area (Å²) in [6.07, 6.45) is 2.61. The van der Waals surface area contributed by atoms with Crippen LogP contribution in [0.4, 0.5) is 5.69 Å². The minimum Gasteiger partial charge on any atom is -0.493 e. The number of nitro benzene ring substituents is 1. The summed E-state index contributed by atoms with van der Waals surface area (Å²) in [4.78, 5) is 33.6. The Bertz CT molecular complexity index is 1040. The van der Waals surface area contributed by atoms with Crippen LogP contribution in [0.3, 0.4) is 0 Å². The minimum absolute atomic E-state index is 0.0205. The van der Waals surface area contributed by atoms with Crippen LogP contribution in [0.2, 0.25) is 0 Å². The lowest BCUT2D eigenvalue weighted by molar-refractivity contribution is -0.385. The van der Waals surface area contributed by atoms with Crippen LogP contribution in [-0.4, -0.2) is 30.5 Å². The van der Waals surface area contributed by atoms with Gasteiger partial charge >= 0.3 is 5.97 Å². The molecule has 0 unspecified atom stereocenters. The van der Waals surface area contributed by atoms with Crippen LogP contribution in [0.1, 0.15) is 21.5 Å². The maximum absolute atomic E-state index is 12.0. The molecular formula is C20H17N3O7. The molecule has 0 saturated carbocycles. The molecule has 2 N–H and O–H groups in total. The van der Waals surface area contributed by atoms with Crippen LogP contribution in [0, 0.1) is 21.4 Å². The lowest BCUT2D eigenvalue weighted by Crippen LogP contribution is -2.12. The summed E-state index contributed by atoms with van der Waals surface area (Å²) in [7, 11) is 1.44. The molecule has 0 bridgehead atoms. The lowest BCUT2D eigenvalue weighted by atomic mass is 10.1. The summed E-state index contributed by atoms with van der Waals surface area (Å²) in [5, 5.41) is 19.7. The zero-order valence-corrected chi connectivity index (χ0v) is 15.9. The van der Waals surface area contributed by atoms with E-state index in [9.17, 15) is 19.7 Å². The highest BCUT2D eigenvalue weighted by Crippen LogP contribution is 2.28. The van der Waals surface area contributed by atoms with E-state index < -0.39 is 16.8 Å². The fraction of sp³-hybridized carbons (Fsp3) is 0.150. The van der Waals surface area contributed by atoms with Crippen LogP contribution >= 0.6 is 0 Å². The van der Waals surface area contributed by atoms with Crippen molar-refractivity contribution in [2.45, 2.75) is 6.61 Å². The molecule has 10 nitrogen and oxygen atoms in total. The number of primary amides is 1. The Hall–Kier alpha value is -4.39. The van der Waals surface area contributed by atoms with Gasteiger partial charge in [-0.05, 0) is 35.9 Å². The third-order valence-electron chi connectivity index (χ3n) is 3.83. The molecule has 1 amide bonds. The van der Waals surface area contributed by atoms with E-state index in [1.165, 1.54) is 25.3 Å². The topological polar surface area (TPSA) is 155 Å². The van der Waals surface area contributed by atoms with Gasteiger partial charge in [0.05, 0.1) is 17.6 Å². The summed E-state index contributed by atoms with van der Waals surface area (Å²) >= 11 is 0. The van der Waals surface area contributed by atoms with E-state index in [1.807, 2.05) is 6.07 Å². The zero-order chi connectivity index (χ0) is 22.1. The number of rotatable bonds is 9. The molecule has 0 aromatic heterocycles. The van der Waals surface area contributed by atoms with Crippen molar-refractivity contribution in [3.8, 4) is 17.6 Å². The number of esters is 1. The number of carbonyl (C=O) groups is 2. The maximum Gasteiger partial charge on any atom is 0.331 e. The number of carbonyl (C=O) groups excluding carboxylic acids is 2. The molecule has 154 valence electrons. The number of amides is 1. The van der Waals surface area contributed by atoms with E-state index in [1.54, 1.807) is 18.2 Å². The SMILES string of the molecule is COc1cc(/C=C/C(=O)OCc2ccc(C(N)=O)cc2[N+](=O)[O-])ccc1OCC#N. The van der Waals surface area contributed by atoms with Gasteiger partial charge in [0, 0.05) is 17.7 Å². The number of nitro groups is 1. The van der Waals surface area contributed by atoms with E-state index >= 15 is 0 Å². The molecule has 0 aliphatic carbocycles. The zero-order valence-electron chi connectivity index (χ0n) is 15.9. The van der Waals surface area contributed by atoms with Crippen molar-refractivity contribution in [3.05, 3.63) is 69.3 Å². The summed E-state index contributed by atoms with van der Waals surface area (Å²) < 4.78 is 15.4. The molecule has 0 spiro atoms. The predicted octanol–water partition coefficient (Wildman–Crippen LogP) is 2.36. The molecule has 2 aromatic carbocycles. The number of methoxy groups -OCH3 is 1. The van der Waals surface area contributed by atoms with Crippen molar-refractivity contribution in [2.75, 3.05) is 13.7 Å². The van der Waals surface area contributed by atoms with E-state index in [2.05, 4.69) is 0 Å². The number of ether oxygens (including phenoxy) is 3. The molecule has 0 atom stereocenters. The highest BCUT2D eigenvalue weighted by Gasteiger charge is 2.17. The number of nitrogens with two attached hydrogens (primary N) is 1. The van der Waals surface area contributed by atoms with Crippen LogP contribution < -0.4 is 15.2 Å². The van der Waals surface area contributed by atoms with Gasteiger partial charge in [-0.1, -0.05) is 6.07 Å². The van der Waals surface area contributed by atoms with Crippen LogP contribution in [-0.2, 0) is 16.1 Å². The van der Waals surface area contributed by atoms with Gasteiger partial charge in [0.2, 0.25) is 5.91 Å². The molecule has 30 heavy (non-hydrogen) atoms. The Kier molecular flexibility index (Phi) is 7.47. The number of benzene rings is 2. The number of nitriles is 1. The van der Waals surface area contributed by atoms with Gasteiger partial charge in [0.1, 0.15) is 12.7 Å². The number of hydrogen-bond donors (Lipinski definition) is 1. The molecule has 0 aliphatic rings. The van der Waals surface area contributed by atoms with Crippen molar-refractivity contribution in [2.24, 2.45) is 5.73 Å². The summed E-state index contributed by atoms with van der Waals surface area (Å²) in [5.74, 6) is -0.771. The van der Waals surface area contributed by atoms with Gasteiger partial charge in [-0.3, -0.25) is 14.9 Å². The molecule has 10 heteroatoms. The summed E-state index contributed by atoms with van der Waals surface area (Å²) in [6.45, 7) is -0.493. The molecule has 0 aliphatic heterocycles. The van der Waals surface area contributed by atoms with Crippen LogP contribution in [0.15, 0.2) is 42.5 Å². The highest BCUT2D eigenvalue weighted by atomic mass is 16.6. The van der Waals surface area contributed by atoms with Crippen molar-refractivity contribution < 1.29 is 28.7 Å². The number of nitrogens with zero attached hydrogens (tertiary/aromatic N) is 2. The van der Waals surface area contributed by atoms with E-state index in [4.69, 9.17) is 25.2 Å². The quantitative estimate of drug-likeness (QED) is 0.285. The highest BCUT2D eigenvalue weighted by molar-refractivity contribution is 5.93. The second kappa shape index (κ2) is 10.2. The molecule has 0 radical (unpaired) electrons. The van der Waals surface area contributed by atoms with Gasteiger partial charge in [-0.15, -0.1) is 0 Å². The monoisotopic (exact) mass is 411 g/mol. The fourth-order valence-electron chi connectivity index (χ4n) is 2.39. The van der Waals surface area contributed by atoms with Gasteiger partial charge in [0.25, 0.3) is 5.69 Å². The maximum atomic E-state index is 12.0. The first-order valence-corrected chi connectivity index (χ1v) is 8.45. The first-order chi connectivity index (χ1) is 14.3. The molecule has 0 heterocycles. The molecule has 0 saturated heterocycles. The molecule has 0 fully saturated rings. The van der Waals surface area contributed by atoms with Crippen molar-refractivity contribution >= 4 is 23.6 Å². The van der Waals surface area contributed by atoms with Crippen molar-refractivity contribution in [1.82, 2.24) is 0 Å². The Balaban J connectivity index is 2.06. The normalized spacial score (nSPS) is 10.3. The second-order valence-corrected chi connectivity index (χ2v) is 5.76. The average molecular weight is 411 g/mol. The van der Waals surface area contributed by atoms with Crippen molar-refractivity contribution in [3.63, 3.8) is 0 Å². The Morgan fingerprint density at radius 1 is 1.23 bits per heavy atom. The van der Waals surface area contributed by atoms with Crippen LogP contribution in [0.5, 0.6) is 11.5 Å². The predicted molar refractivity (Wildman–Crippen MR) is 105 cm³/mol. The Morgan fingerprint density at radius 2 is 2.00 bits per heavy atom. The second-order valence-electron chi connectivity index (χ2n) is 5.76. The van der Waals surface area contributed by atoms with Gasteiger partial charge in [0.15, 0.2) is 18.1 Å². The average Bonchev–Trinajstić information content (AvgIpc) is 2.74. The lowest BCUT2D eigenvalue weighted by Gasteiger charge is -2.08. The largest absolute Gasteiger partial charge is 0.493 e. The smallest absolute Gasteiger partial charge is 0.331 e. The minimum atomic E-state index is -0.802. The number of hydrogen-bond acceptors (Lipinski definition) is 8. The molecule has 2 aromatic rings. The van der Waals surface area contributed by atoms with Gasteiger partial charge in [-0.25, -0.2) is 4.79 Å². The third kappa shape index (κ3) is 5.80. The first-order valence-electron chi connectivity index (χ1n) is 8.45. The Labute approximate surface area is 171 Å². The summed E-state index contributed by atoms with van der Waals surface area (Å²) in [5.41, 5.74) is 5.44. The van der Waals surface area contributed by atoms with Crippen molar-refractivity contribution in [1.29, 1.82) is 5.26 Å². The van der Waals surface area contributed by atoms with E-state index in [-0.39, 0.29) is 30.0 Å². The standard InChI is InChI=1S/C20H17N3O7/c1-28-18-10-13(2-6-17(18)29-9-8-21)3-7-19(24)30-12-15-5-4-14(20(22)25)11-16(15)23(26)27/h2-7,10-11H,9,12H2,1H3,(H2,22,25)/b7-3+. The third-order valence-corrected chi connectivity index (χ3v) is 3.83. The fourth-order valence-corrected chi connectivity index (χ4v) is 2.39. The molecule has 2 rings (SSSR count). The van der Waals surface area contributed by atoms with Gasteiger partial charge in [-0.2, -0.15) is 5.26 Å². The van der Waals surface area contributed by atoms with E-state index in [0.717, 1.165) is 12.1 Å². The van der Waals surface area contributed by atoms with E-state index in [0.29, 0.717) is 17.1 Å². The summed E-state index contributed by atoms with van der Waals surface area (Å²) in [6, 6.07) is 10.3. The molecular weight excluding hydrogens is 394 g/mol. The van der Waals surface area contributed by atoms with Gasteiger partial charge < -0.3 is 19.9 Å². The van der Waals surface area contributed by atoms with Crippen LogP contribution in [0.25, 0.3) is 6.08 Å². The Morgan fingerprint density at radius 3 is 2.63 bits per heavy atom. The first kappa shape index (κ1) is 21.9.